The van der Waals surface area contributed by atoms with E-state index in [1.54, 1.807) is 11.3 Å². The molecule has 0 radical (unpaired) electrons. The highest BCUT2D eigenvalue weighted by Gasteiger charge is 2.21. The molecule has 0 bridgehead atoms. The Morgan fingerprint density at radius 1 is 1.19 bits per heavy atom. The molecule has 0 saturated heterocycles. The number of rotatable bonds is 6. The van der Waals surface area contributed by atoms with E-state index in [0.29, 0.717) is 0 Å². The fraction of sp³-hybridized carbons (Fsp3) is 0.312. The molecule has 0 saturated carbocycles. The first-order valence-corrected chi connectivity index (χ1v) is 8.73. The van der Waals surface area contributed by atoms with Gasteiger partial charge in [-0.3, -0.25) is 5.10 Å². The van der Waals surface area contributed by atoms with E-state index in [4.69, 9.17) is 0 Å². The first kappa shape index (κ1) is 14.5. The van der Waals surface area contributed by atoms with E-state index < -0.39 is 0 Å². The van der Waals surface area contributed by atoms with Gasteiger partial charge in [0, 0.05) is 28.9 Å². The molecule has 0 aromatic carbocycles. The van der Waals surface area contributed by atoms with Crippen LogP contribution in [0, 0.1) is 0 Å². The first-order chi connectivity index (χ1) is 10.2. The quantitative estimate of drug-likeness (QED) is 0.713. The maximum absolute atomic E-state index is 4.19. The zero-order valence-corrected chi connectivity index (χ0v) is 13.9. The molecule has 5 heteroatoms. The summed E-state index contributed by atoms with van der Waals surface area (Å²) in [7, 11) is 0. The summed E-state index contributed by atoms with van der Waals surface area (Å²) >= 11 is 3.56. The Hall–Kier alpha value is -1.43. The van der Waals surface area contributed by atoms with Gasteiger partial charge in [0.1, 0.15) is 0 Å². The third kappa shape index (κ3) is 3.26. The number of aromatic nitrogens is 2. The molecule has 2 N–H and O–H groups in total. The van der Waals surface area contributed by atoms with E-state index in [-0.39, 0.29) is 5.41 Å². The highest BCUT2D eigenvalue weighted by molar-refractivity contribution is 7.13. The van der Waals surface area contributed by atoms with Crippen molar-refractivity contribution in [2.24, 2.45) is 0 Å². The highest BCUT2D eigenvalue weighted by Crippen LogP contribution is 2.28. The van der Waals surface area contributed by atoms with Crippen LogP contribution in [0.15, 0.2) is 41.2 Å². The van der Waals surface area contributed by atoms with Crippen LogP contribution in [0.25, 0.3) is 10.6 Å². The first-order valence-electron chi connectivity index (χ1n) is 6.98. The summed E-state index contributed by atoms with van der Waals surface area (Å²) < 4.78 is 0. The zero-order chi connectivity index (χ0) is 14.7. The van der Waals surface area contributed by atoms with Crippen LogP contribution in [-0.2, 0) is 12.0 Å². The summed E-state index contributed by atoms with van der Waals surface area (Å²) in [6.07, 6.45) is 1.92. The molecule has 21 heavy (non-hydrogen) atoms. The SMILES string of the molecule is CC(C)(CNCc1cn[nH]c1-c1cccs1)c1cccs1. The Balaban J connectivity index is 1.63. The van der Waals surface area contributed by atoms with Crippen LogP contribution >= 0.6 is 22.7 Å². The fourth-order valence-electron chi connectivity index (χ4n) is 2.34. The minimum absolute atomic E-state index is 0.154. The second-order valence-electron chi connectivity index (χ2n) is 5.71. The molecule has 0 aliphatic heterocycles. The van der Waals surface area contributed by atoms with Gasteiger partial charge in [-0.15, -0.1) is 22.7 Å². The lowest BCUT2D eigenvalue weighted by atomic mass is 9.91. The highest BCUT2D eigenvalue weighted by atomic mass is 32.1. The Kier molecular flexibility index (Phi) is 4.24. The van der Waals surface area contributed by atoms with E-state index in [0.717, 1.165) is 18.8 Å². The van der Waals surface area contributed by atoms with Crippen molar-refractivity contribution in [3.05, 3.63) is 51.7 Å². The van der Waals surface area contributed by atoms with Crippen molar-refractivity contribution in [3.8, 4) is 10.6 Å². The second kappa shape index (κ2) is 6.13. The number of nitrogens with one attached hydrogen (secondary N) is 2. The number of H-pyrrole nitrogens is 1. The van der Waals surface area contributed by atoms with Gasteiger partial charge in [-0.25, -0.2) is 0 Å². The van der Waals surface area contributed by atoms with Crippen LogP contribution in [0.3, 0.4) is 0 Å². The predicted molar refractivity (Wildman–Crippen MR) is 91.0 cm³/mol. The standard InChI is InChI=1S/C16H19N3S2/c1-16(2,14-6-4-8-21-14)11-17-9-12-10-18-19-15(12)13-5-3-7-20-13/h3-8,10,17H,9,11H2,1-2H3,(H,18,19). The molecule has 3 nitrogen and oxygen atoms in total. The molecule has 110 valence electrons. The third-order valence-electron chi connectivity index (χ3n) is 3.56. The summed E-state index contributed by atoms with van der Waals surface area (Å²) in [6, 6.07) is 8.52. The van der Waals surface area contributed by atoms with Crippen molar-refractivity contribution in [2.75, 3.05) is 6.54 Å². The third-order valence-corrected chi connectivity index (χ3v) is 5.68. The van der Waals surface area contributed by atoms with E-state index in [1.165, 1.54) is 15.3 Å². The van der Waals surface area contributed by atoms with Gasteiger partial charge in [-0.1, -0.05) is 26.0 Å². The van der Waals surface area contributed by atoms with E-state index >= 15 is 0 Å². The van der Waals surface area contributed by atoms with Crippen LogP contribution in [0.5, 0.6) is 0 Å². The number of aromatic amines is 1. The molecular weight excluding hydrogens is 298 g/mol. The largest absolute Gasteiger partial charge is 0.312 e. The molecule has 0 aliphatic rings. The van der Waals surface area contributed by atoms with Crippen molar-refractivity contribution in [1.82, 2.24) is 15.5 Å². The lowest BCUT2D eigenvalue weighted by Crippen LogP contribution is -2.31. The summed E-state index contributed by atoms with van der Waals surface area (Å²) in [5, 5.41) is 15.1. The van der Waals surface area contributed by atoms with E-state index in [2.05, 4.69) is 64.4 Å². The molecule has 3 rings (SSSR count). The molecule has 0 fully saturated rings. The van der Waals surface area contributed by atoms with Crippen LogP contribution in [-0.4, -0.2) is 16.7 Å². The van der Waals surface area contributed by atoms with Crippen LogP contribution in [0.2, 0.25) is 0 Å². The summed E-state index contributed by atoms with van der Waals surface area (Å²) in [4.78, 5) is 2.66. The number of hydrogen-bond acceptors (Lipinski definition) is 4. The number of hydrogen-bond donors (Lipinski definition) is 2. The number of nitrogens with zero attached hydrogens (tertiary/aromatic N) is 1. The van der Waals surface area contributed by atoms with Crippen molar-refractivity contribution in [2.45, 2.75) is 25.8 Å². The van der Waals surface area contributed by atoms with Crippen LogP contribution in [0.1, 0.15) is 24.3 Å². The Labute approximate surface area is 133 Å². The topological polar surface area (TPSA) is 40.7 Å². The van der Waals surface area contributed by atoms with Crippen molar-refractivity contribution < 1.29 is 0 Å². The van der Waals surface area contributed by atoms with Gasteiger partial charge in [0.05, 0.1) is 16.8 Å². The van der Waals surface area contributed by atoms with Gasteiger partial charge in [-0.05, 0) is 22.9 Å². The lowest BCUT2D eigenvalue weighted by molar-refractivity contribution is 0.477. The van der Waals surface area contributed by atoms with Crippen molar-refractivity contribution in [3.63, 3.8) is 0 Å². The van der Waals surface area contributed by atoms with Crippen molar-refractivity contribution in [1.29, 1.82) is 0 Å². The van der Waals surface area contributed by atoms with Gasteiger partial charge >= 0.3 is 0 Å². The summed E-state index contributed by atoms with van der Waals surface area (Å²) in [5.74, 6) is 0. The van der Waals surface area contributed by atoms with Gasteiger partial charge < -0.3 is 5.32 Å². The molecular formula is C16H19N3S2. The van der Waals surface area contributed by atoms with E-state index in [1.807, 2.05) is 17.5 Å². The second-order valence-corrected chi connectivity index (χ2v) is 7.61. The average molecular weight is 317 g/mol. The number of thiophene rings is 2. The summed E-state index contributed by atoms with van der Waals surface area (Å²) in [5.41, 5.74) is 2.51. The fourth-order valence-corrected chi connectivity index (χ4v) is 3.95. The zero-order valence-electron chi connectivity index (χ0n) is 12.2. The van der Waals surface area contributed by atoms with Gasteiger partial charge in [0.15, 0.2) is 0 Å². The van der Waals surface area contributed by atoms with Crippen LogP contribution in [0.4, 0.5) is 0 Å². The molecule has 3 heterocycles. The molecule has 0 atom stereocenters. The molecule has 3 aromatic rings. The van der Waals surface area contributed by atoms with Gasteiger partial charge in [0.2, 0.25) is 0 Å². The maximum atomic E-state index is 4.19. The minimum atomic E-state index is 0.154. The van der Waals surface area contributed by atoms with Gasteiger partial charge in [0.25, 0.3) is 0 Å². The normalized spacial score (nSPS) is 11.9. The van der Waals surface area contributed by atoms with E-state index in [9.17, 15) is 0 Å². The molecule has 0 unspecified atom stereocenters. The Morgan fingerprint density at radius 2 is 2.00 bits per heavy atom. The molecule has 0 amide bonds. The van der Waals surface area contributed by atoms with Crippen LogP contribution < -0.4 is 5.32 Å². The minimum Gasteiger partial charge on any atom is -0.312 e. The molecule has 0 aliphatic carbocycles. The predicted octanol–water partition coefficient (Wildman–Crippen LogP) is 4.27. The summed E-state index contributed by atoms with van der Waals surface area (Å²) in [6.45, 7) is 6.34. The lowest BCUT2D eigenvalue weighted by Gasteiger charge is -2.23. The Bertz CT molecular complexity index is 666. The average Bonchev–Trinajstić information content (AvgIpc) is 3.20. The molecule has 3 aromatic heterocycles. The molecule has 0 spiro atoms. The Morgan fingerprint density at radius 3 is 2.71 bits per heavy atom. The van der Waals surface area contributed by atoms with Crippen molar-refractivity contribution >= 4 is 22.7 Å². The monoisotopic (exact) mass is 317 g/mol. The maximum Gasteiger partial charge on any atom is 0.0794 e. The smallest absolute Gasteiger partial charge is 0.0794 e. The van der Waals surface area contributed by atoms with Gasteiger partial charge in [-0.2, -0.15) is 5.10 Å².